The summed E-state index contributed by atoms with van der Waals surface area (Å²) in [6.45, 7) is 1.91. The SMILES string of the molecule is Nc1cc(S(=O)(=O)Nc2ccccc2Cl)ccc1N1CCCCC1. The van der Waals surface area contributed by atoms with Gasteiger partial charge in [-0.3, -0.25) is 4.72 Å². The van der Waals surface area contributed by atoms with Crippen molar-refractivity contribution in [3.63, 3.8) is 0 Å². The van der Waals surface area contributed by atoms with Crippen LogP contribution >= 0.6 is 11.6 Å². The fourth-order valence-electron chi connectivity index (χ4n) is 2.87. The molecule has 3 N–H and O–H groups in total. The Balaban J connectivity index is 1.86. The topological polar surface area (TPSA) is 75.4 Å². The van der Waals surface area contributed by atoms with E-state index in [2.05, 4.69) is 9.62 Å². The summed E-state index contributed by atoms with van der Waals surface area (Å²) < 4.78 is 27.6. The van der Waals surface area contributed by atoms with Crippen LogP contribution in [-0.4, -0.2) is 21.5 Å². The van der Waals surface area contributed by atoms with Gasteiger partial charge in [-0.2, -0.15) is 0 Å². The summed E-state index contributed by atoms with van der Waals surface area (Å²) in [6, 6.07) is 11.6. The molecular weight excluding hydrogens is 346 g/mol. The molecule has 7 heteroatoms. The quantitative estimate of drug-likeness (QED) is 0.810. The second-order valence-electron chi connectivity index (χ2n) is 5.85. The van der Waals surface area contributed by atoms with Crippen LogP contribution in [0.3, 0.4) is 0 Å². The first kappa shape index (κ1) is 16.9. The van der Waals surface area contributed by atoms with Crippen molar-refractivity contribution in [3.05, 3.63) is 47.5 Å². The van der Waals surface area contributed by atoms with Crippen LogP contribution in [0.15, 0.2) is 47.4 Å². The van der Waals surface area contributed by atoms with E-state index in [-0.39, 0.29) is 4.90 Å². The number of nitrogens with one attached hydrogen (secondary N) is 1. The Morgan fingerprint density at radius 2 is 1.75 bits per heavy atom. The molecule has 0 amide bonds. The van der Waals surface area contributed by atoms with Crippen LogP contribution in [0.4, 0.5) is 17.1 Å². The molecule has 1 heterocycles. The molecule has 0 aromatic heterocycles. The van der Waals surface area contributed by atoms with Gasteiger partial charge in [0.05, 0.1) is 27.0 Å². The molecule has 1 aliphatic rings. The average molecular weight is 366 g/mol. The predicted molar refractivity (Wildman–Crippen MR) is 99.2 cm³/mol. The number of nitrogens with two attached hydrogens (primary N) is 1. The van der Waals surface area contributed by atoms with Crippen LogP contribution in [0.1, 0.15) is 19.3 Å². The zero-order chi connectivity index (χ0) is 17.2. The minimum absolute atomic E-state index is 0.126. The van der Waals surface area contributed by atoms with Crippen molar-refractivity contribution in [3.8, 4) is 0 Å². The molecule has 2 aromatic rings. The van der Waals surface area contributed by atoms with Crippen molar-refractivity contribution < 1.29 is 8.42 Å². The molecule has 5 nitrogen and oxygen atoms in total. The Bertz CT molecular complexity index is 833. The van der Waals surface area contributed by atoms with E-state index in [1.165, 1.54) is 12.5 Å². The fourth-order valence-corrected chi connectivity index (χ4v) is 4.22. The van der Waals surface area contributed by atoms with Gasteiger partial charge in [0.25, 0.3) is 10.0 Å². The molecule has 0 aliphatic carbocycles. The van der Waals surface area contributed by atoms with E-state index in [9.17, 15) is 8.42 Å². The van der Waals surface area contributed by atoms with Crippen LogP contribution in [0.5, 0.6) is 0 Å². The first-order chi connectivity index (χ1) is 11.5. The molecule has 2 aromatic carbocycles. The molecule has 1 fully saturated rings. The first-order valence-electron chi connectivity index (χ1n) is 7.89. The van der Waals surface area contributed by atoms with E-state index in [1.54, 1.807) is 36.4 Å². The van der Waals surface area contributed by atoms with Gasteiger partial charge in [0, 0.05) is 13.1 Å². The Kier molecular flexibility index (Phi) is 4.87. The van der Waals surface area contributed by atoms with E-state index < -0.39 is 10.0 Å². The normalized spacial score (nSPS) is 15.3. The highest BCUT2D eigenvalue weighted by molar-refractivity contribution is 7.92. The molecule has 128 valence electrons. The lowest BCUT2D eigenvalue weighted by atomic mass is 10.1. The molecule has 1 aliphatic heterocycles. The maximum Gasteiger partial charge on any atom is 0.262 e. The molecule has 0 unspecified atom stereocenters. The third-order valence-corrected chi connectivity index (χ3v) is 5.82. The molecule has 0 radical (unpaired) electrons. The van der Waals surface area contributed by atoms with Crippen molar-refractivity contribution in [2.45, 2.75) is 24.2 Å². The van der Waals surface area contributed by atoms with Gasteiger partial charge in [-0.25, -0.2) is 8.42 Å². The van der Waals surface area contributed by atoms with Gasteiger partial charge in [-0.1, -0.05) is 23.7 Å². The summed E-state index contributed by atoms with van der Waals surface area (Å²) in [5.41, 5.74) is 7.82. The molecule has 0 spiro atoms. The lowest BCUT2D eigenvalue weighted by Gasteiger charge is -2.30. The van der Waals surface area contributed by atoms with E-state index in [1.807, 2.05) is 0 Å². The highest BCUT2D eigenvalue weighted by atomic mass is 35.5. The maximum absolute atomic E-state index is 12.6. The Hall–Kier alpha value is -1.92. The van der Waals surface area contributed by atoms with E-state index >= 15 is 0 Å². The van der Waals surface area contributed by atoms with Gasteiger partial charge < -0.3 is 10.6 Å². The number of para-hydroxylation sites is 1. The summed E-state index contributed by atoms with van der Waals surface area (Å²) in [5.74, 6) is 0. The van der Waals surface area contributed by atoms with Crippen LogP contribution in [0, 0.1) is 0 Å². The van der Waals surface area contributed by atoms with Crippen LogP contribution < -0.4 is 15.4 Å². The second-order valence-corrected chi connectivity index (χ2v) is 7.94. The largest absolute Gasteiger partial charge is 0.397 e. The molecule has 0 atom stereocenters. The minimum Gasteiger partial charge on any atom is -0.397 e. The van der Waals surface area contributed by atoms with E-state index in [4.69, 9.17) is 17.3 Å². The number of halogens is 1. The Labute approximate surface area is 147 Å². The molecule has 3 rings (SSSR count). The van der Waals surface area contributed by atoms with Gasteiger partial charge in [0.2, 0.25) is 0 Å². The maximum atomic E-state index is 12.6. The van der Waals surface area contributed by atoms with Crippen molar-refractivity contribution in [2.24, 2.45) is 0 Å². The number of anilines is 3. The van der Waals surface area contributed by atoms with Crippen molar-refractivity contribution in [1.82, 2.24) is 0 Å². The number of nitrogen functional groups attached to an aromatic ring is 1. The monoisotopic (exact) mass is 365 g/mol. The van der Waals surface area contributed by atoms with Gasteiger partial charge in [0.1, 0.15) is 0 Å². The summed E-state index contributed by atoms with van der Waals surface area (Å²) in [4.78, 5) is 2.33. The van der Waals surface area contributed by atoms with Crippen LogP contribution in [0.25, 0.3) is 0 Å². The Morgan fingerprint density at radius 1 is 1.04 bits per heavy atom. The zero-order valence-electron chi connectivity index (χ0n) is 13.2. The summed E-state index contributed by atoms with van der Waals surface area (Å²) in [6.07, 6.45) is 3.49. The molecular formula is C17H20ClN3O2S. The molecule has 1 saturated heterocycles. The summed E-state index contributed by atoms with van der Waals surface area (Å²) in [7, 11) is -3.74. The first-order valence-corrected chi connectivity index (χ1v) is 9.75. The molecule has 0 saturated carbocycles. The number of benzene rings is 2. The number of hydrogen-bond acceptors (Lipinski definition) is 4. The minimum atomic E-state index is -3.74. The zero-order valence-corrected chi connectivity index (χ0v) is 14.8. The van der Waals surface area contributed by atoms with Crippen LogP contribution in [0.2, 0.25) is 5.02 Å². The number of sulfonamides is 1. The number of piperidine rings is 1. The third-order valence-electron chi connectivity index (χ3n) is 4.12. The highest BCUT2D eigenvalue weighted by Crippen LogP contribution is 2.30. The lowest BCUT2D eigenvalue weighted by molar-refractivity contribution is 0.578. The highest BCUT2D eigenvalue weighted by Gasteiger charge is 2.19. The lowest BCUT2D eigenvalue weighted by Crippen LogP contribution is -2.30. The fraction of sp³-hybridized carbons (Fsp3) is 0.294. The standard InChI is InChI=1S/C17H20ClN3O2S/c18-14-6-2-3-7-16(14)20-24(22,23)13-8-9-17(15(19)12-13)21-10-4-1-5-11-21/h2-3,6-9,12,20H,1,4-5,10-11,19H2. The van der Waals surface area contributed by atoms with Gasteiger partial charge in [0.15, 0.2) is 0 Å². The molecule has 0 bridgehead atoms. The van der Waals surface area contributed by atoms with Gasteiger partial charge >= 0.3 is 0 Å². The Morgan fingerprint density at radius 3 is 2.42 bits per heavy atom. The smallest absolute Gasteiger partial charge is 0.262 e. The number of nitrogens with zero attached hydrogens (tertiary/aromatic N) is 1. The second kappa shape index (κ2) is 6.91. The van der Waals surface area contributed by atoms with Crippen molar-refractivity contribution in [2.75, 3.05) is 28.4 Å². The summed E-state index contributed by atoms with van der Waals surface area (Å²) in [5, 5.41) is 0.346. The number of rotatable bonds is 4. The average Bonchev–Trinajstić information content (AvgIpc) is 2.57. The number of hydrogen-bond donors (Lipinski definition) is 2. The van der Waals surface area contributed by atoms with Crippen molar-refractivity contribution in [1.29, 1.82) is 0 Å². The predicted octanol–water partition coefficient (Wildman–Crippen LogP) is 3.71. The van der Waals surface area contributed by atoms with E-state index in [0.717, 1.165) is 31.6 Å². The summed E-state index contributed by atoms with van der Waals surface area (Å²) >= 11 is 6.02. The van der Waals surface area contributed by atoms with Crippen LogP contribution in [-0.2, 0) is 10.0 Å². The molecule has 24 heavy (non-hydrogen) atoms. The van der Waals surface area contributed by atoms with E-state index in [0.29, 0.717) is 16.4 Å². The van der Waals surface area contributed by atoms with Gasteiger partial charge in [-0.05, 0) is 49.6 Å². The van der Waals surface area contributed by atoms with Crippen molar-refractivity contribution >= 4 is 38.7 Å². The van der Waals surface area contributed by atoms with Gasteiger partial charge in [-0.15, -0.1) is 0 Å². The third kappa shape index (κ3) is 3.60.